The molecule has 1 amide bonds. The summed E-state index contributed by atoms with van der Waals surface area (Å²) >= 11 is 5.98. The number of anilines is 1. The Bertz CT molecular complexity index is 545. The van der Waals surface area contributed by atoms with Crippen LogP contribution in [0.4, 0.5) is 5.69 Å². The van der Waals surface area contributed by atoms with Crippen molar-refractivity contribution in [2.45, 2.75) is 26.2 Å². The number of amides is 1. The molecule has 1 unspecified atom stereocenters. The molecule has 5 heteroatoms. The van der Waals surface area contributed by atoms with Gasteiger partial charge in [-0.1, -0.05) is 24.9 Å². The Hall–Kier alpha value is -1.57. The zero-order valence-electron chi connectivity index (χ0n) is 11.5. The number of nitriles is 1. The lowest BCUT2D eigenvalue weighted by Gasteiger charge is -2.26. The van der Waals surface area contributed by atoms with Gasteiger partial charge in [-0.05, 0) is 37.6 Å². The third-order valence-electron chi connectivity index (χ3n) is 3.80. The molecule has 1 aromatic rings. The minimum absolute atomic E-state index is 0.0325. The van der Waals surface area contributed by atoms with E-state index in [2.05, 4.69) is 17.6 Å². The minimum Gasteiger partial charge on any atom is -0.326 e. The van der Waals surface area contributed by atoms with Gasteiger partial charge in [0.1, 0.15) is 6.07 Å². The van der Waals surface area contributed by atoms with Crippen LogP contribution in [-0.2, 0) is 4.79 Å². The summed E-state index contributed by atoms with van der Waals surface area (Å²) < 4.78 is 0. The molecule has 20 heavy (non-hydrogen) atoms. The van der Waals surface area contributed by atoms with Crippen molar-refractivity contribution in [2.24, 2.45) is 5.41 Å². The summed E-state index contributed by atoms with van der Waals surface area (Å²) in [7, 11) is 0. The van der Waals surface area contributed by atoms with Gasteiger partial charge in [-0.2, -0.15) is 5.26 Å². The number of hydrogen-bond donors (Lipinski definition) is 2. The largest absolute Gasteiger partial charge is 0.326 e. The van der Waals surface area contributed by atoms with Crippen molar-refractivity contribution in [1.29, 1.82) is 5.26 Å². The van der Waals surface area contributed by atoms with Crippen molar-refractivity contribution in [3.63, 3.8) is 0 Å². The number of rotatable bonds is 4. The Morgan fingerprint density at radius 2 is 2.40 bits per heavy atom. The second-order valence-corrected chi connectivity index (χ2v) is 5.62. The van der Waals surface area contributed by atoms with Crippen molar-refractivity contribution in [3.05, 3.63) is 28.8 Å². The van der Waals surface area contributed by atoms with E-state index in [0.29, 0.717) is 16.3 Å². The maximum Gasteiger partial charge on any atom is 0.231 e. The highest BCUT2D eigenvalue weighted by molar-refractivity contribution is 6.32. The quantitative estimate of drug-likeness (QED) is 0.896. The SMILES string of the molecule is CCCC1(C(=O)Nc2ccc(C#N)c(Cl)c2)CCNC1. The van der Waals surface area contributed by atoms with E-state index in [1.54, 1.807) is 18.2 Å². The molecule has 2 rings (SSSR count). The van der Waals surface area contributed by atoms with Crippen LogP contribution < -0.4 is 10.6 Å². The van der Waals surface area contributed by atoms with Crippen molar-refractivity contribution in [2.75, 3.05) is 18.4 Å². The molecule has 1 aromatic carbocycles. The van der Waals surface area contributed by atoms with E-state index in [9.17, 15) is 4.79 Å². The highest BCUT2D eigenvalue weighted by atomic mass is 35.5. The number of carbonyl (C=O) groups excluding carboxylic acids is 1. The van der Waals surface area contributed by atoms with E-state index in [1.807, 2.05) is 6.07 Å². The molecule has 1 fully saturated rings. The first-order valence-electron chi connectivity index (χ1n) is 6.83. The molecule has 0 saturated carbocycles. The highest BCUT2D eigenvalue weighted by Gasteiger charge is 2.40. The van der Waals surface area contributed by atoms with Crippen LogP contribution in [0.3, 0.4) is 0 Å². The van der Waals surface area contributed by atoms with Crippen LogP contribution in [0, 0.1) is 16.7 Å². The lowest BCUT2D eigenvalue weighted by atomic mass is 9.81. The molecule has 4 nitrogen and oxygen atoms in total. The smallest absolute Gasteiger partial charge is 0.231 e. The fourth-order valence-corrected chi connectivity index (χ4v) is 2.91. The predicted molar refractivity (Wildman–Crippen MR) is 79.6 cm³/mol. The van der Waals surface area contributed by atoms with E-state index < -0.39 is 0 Å². The van der Waals surface area contributed by atoms with E-state index in [0.717, 1.165) is 32.4 Å². The molecular weight excluding hydrogens is 274 g/mol. The Balaban J connectivity index is 2.14. The van der Waals surface area contributed by atoms with Crippen LogP contribution in [0.5, 0.6) is 0 Å². The number of carbonyl (C=O) groups is 1. The minimum atomic E-state index is -0.324. The summed E-state index contributed by atoms with van der Waals surface area (Å²) in [5.41, 5.74) is 0.728. The average molecular weight is 292 g/mol. The van der Waals surface area contributed by atoms with Crippen molar-refractivity contribution in [1.82, 2.24) is 5.32 Å². The number of nitrogens with one attached hydrogen (secondary N) is 2. The number of nitrogens with zero attached hydrogens (tertiary/aromatic N) is 1. The van der Waals surface area contributed by atoms with Crippen LogP contribution in [0.2, 0.25) is 5.02 Å². The van der Waals surface area contributed by atoms with Crippen LogP contribution in [0.1, 0.15) is 31.7 Å². The Morgan fingerprint density at radius 1 is 1.60 bits per heavy atom. The standard InChI is InChI=1S/C15H18ClN3O/c1-2-5-15(6-7-18-10-15)14(20)19-12-4-3-11(9-17)13(16)8-12/h3-4,8,18H,2,5-7,10H2,1H3,(H,19,20). The topological polar surface area (TPSA) is 64.9 Å². The van der Waals surface area contributed by atoms with Gasteiger partial charge in [0, 0.05) is 12.2 Å². The molecule has 1 atom stereocenters. The average Bonchev–Trinajstić information content (AvgIpc) is 2.89. The summed E-state index contributed by atoms with van der Waals surface area (Å²) in [4.78, 5) is 12.5. The third-order valence-corrected chi connectivity index (χ3v) is 4.11. The normalized spacial score (nSPS) is 21.4. The molecule has 0 bridgehead atoms. The monoisotopic (exact) mass is 291 g/mol. The first-order valence-corrected chi connectivity index (χ1v) is 7.21. The van der Waals surface area contributed by atoms with Gasteiger partial charge in [0.25, 0.3) is 0 Å². The highest BCUT2D eigenvalue weighted by Crippen LogP contribution is 2.33. The van der Waals surface area contributed by atoms with Gasteiger partial charge in [0.15, 0.2) is 0 Å². The van der Waals surface area contributed by atoms with Gasteiger partial charge in [-0.3, -0.25) is 4.79 Å². The van der Waals surface area contributed by atoms with Gasteiger partial charge >= 0.3 is 0 Å². The van der Waals surface area contributed by atoms with E-state index in [1.165, 1.54) is 0 Å². The van der Waals surface area contributed by atoms with Crippen LogP contribution in [0.25, 0.3) is 0 Å². The number of hydrogen-bond acceptors (Lipinski definition) is 3. The van der Waals surface area contributed by atoms with E-state index in [4.69, 9.17) is 16.9 Å². The van der Waals surface area contributed by atoms with Crippen LogP contribution in [0.15, 0.2) is 18.2 Å². The molecule has 0 aliphatic carbocycles. The predicted octanol–water partition coefficient (Wildman–Crippen LogP) is 2.93. The van der Waals surface area contributed by atoms with Gasteiger partial charge in [0.05, 0.1) is 16.0 Å². The fraction of sp³-hybridized carbons (Fsp3) is 0.467. The lowest BCUT2D eigenvalue weighted by molar-refractivity contribution is -0.125. The molecule has 0 radical (unpaired) electrons. The maximum absolute atomic E-state index is 12.5. The summed E-state index contributed by atoms with van der Waals surface area (Å²) in [6.45, 7) is 3.68. The maximum atomic E-state index is 12.5. The molecule has 0 spiro atoms. The van der Waals surface area contributed by atoms with Gasteiger partial charge in [-0.25, -0.2) is 0 Å². The van der Waals surface area contributed by atoms with Crippen LogP contribution >= 0.6 is 11.6 Å². The molecule has 1 aliphatic heterocycles. The molecule has 1 saturated heterocycles. The molecular formula is C15H18ClN3O. The summed E-state index contributed by atoms with van der Waals surface area (Å²) in [6.07, 6.45) is 2.70. The zero-order valence-corrected chi connectivity index (χ0v) is 12.3. The molecule has 106 valence electrons. The number of halogens is 1. The van der Waals surface area contributed by atoms with Gasteiger partial charge in [0.2, 0.25) is 5.91 Å². The second-order valence-electron chi connectivity index (χ2n) is 5.22. The Kier molecular flexibility index (Phi) is 4.64. The summed E-state index contributed by atoms with van der Waals surface area (Å²) in [6, 6.07) is 6.96. The lowest BCUT2D eigenvalue weighted by Crippen LogP contribution is -2.38. The van der Waals surface area contributed by atoms with Crippen molar-refractivity contribution in [3.8, 4) is 6.07 Å². The summed E-state index contributed by atoms with van der Waals surface area (Å²) in [5, 5.41) is 15.4. The van der Waals surface area contributed by atoms with Gasteiger partial charge < -0.3 is 10.6 Å². The molecule has 1 aliphatic rings. The Labute approximate surface area is 124 Å². The van der Waals surface area contributed by atoms with E-state index >= 15 is 0 Å². The Morgan fingerprint density at radius 3 is 2.95 bits per heavy atom. The first-order chi connectivity index (χ1) is 9.61. The molecule has 0 aromatic heterocycles. The van der Waals surface area contributed by atoms with Gasteiger partial charge in [-0.15, -0.1) is 0 Å². The molecule has 2 N–H and O–H groups in total. The number of benzene rings is 1. The molecule has 1 heterocycles. The summed E-state index contributed by atoms with van der Waals surface area (Å²) in [5.74, 6) is 0.0325. The van der Waals surface area contributed by atoms with Crippen molar-refractivity contribution >= 4 is 23.2 Å². The van der Waals surface area contributed by atoms with E-state index in [-0.39, 0.29) is 11.3 Å². The van der Waals surface area contributed by atoms with Crippen LogP contribution in [-0.4, -0.2) is 19.0 Å². The fourth-order valence-electron chi connectivity index (χ4n) is 2.69. The third kappa shape index (κ3) is 2.95. The second kappa shape index (κ2) is 6.25. The first kappa shape index (κ1) is 14.8. The zero-order chi connectivity index (χ0) is 14.6. The van der Waals surface area contributed by atoms with Crippen molar-refractivity contribution < 1.29 is 4.79 Å².